The number of hydrogen-bond acceptors (Lipinski definition) is 3. The van der Waals surface area contributed by atoms with E-state index in [0.29, 0.717) is 11.6 Å². The Morgan fingerprint density at radius 2 is 2.05 bits per heavy atom. The summed E-state index contributed by atoms with van der Waals surface area (Å²) in [6.07, 6.45) is 1.62. The lowest BCUT2D eigenvalue weighted by Gasteiger charge is -2.19. The van der Waals surface area contributed by atoms with Crippen molar-refractivity contribution in [3.8, 4) is 0 Å². The minimum Gasteiger partial charge on any atom is -0.481 e. The largest absolute Gasteiger partial charge is 0.481 e. The summed E-state index contributed by atoms with van der Waals surface area (Å²) < 4.78 is 1.85. The van der Waals surface area contributed by atoms with Gasteiger partial charge in [0, 0.05) is 20.1 Å². The second-order valence-corrected chi connectivity index (χ2v) is 5.77. The number of carbonyl (C=O) groups is 2. The Balaban J connectivity index is 2.66. The number of hydrogen-bond donors (Lipinski definition) is 2. The Labute approximate surface area is 124 Å². The third-order valence-corrected chi connectivity index (χ3v) is 3.20. The van der Waals surface area contributed by atoms with Crippen molar-refractivity contribution < 1.29 is 14.7 Å². The average Bonchev–Trinajstić information content (AvgIpc) is 2.70. The summed E-state index contributed by atoms with van der Waals surface area (Å²) in [6, 6.07) is -0.338. The maximum Gasteiger partial charge on any atom is 0.321 e. The summed E-state index contributed by atoms with van der Waals surface area (Å²) in [7, 11) is 1.57. The van der Waals surface area contributed by atoms with Gasteiger partial charge in [-0.05, 0) is 12.8 Å². The topological polar surface area (TPSA) is 87.5 Å². The number of anilines is 1. The highest BCUT2D eigenvalue weighted by molar-refractivity contribution is 5.89. The van der Waals surface area contributed by atoms with Crippen LogP contribution in [0.25, 0.3) is 0 Å². The lowest BCUT2D eigenvalue weighted by atomic mass is 10.2. The maximum atomic E-state index is 12.0. The van der Waals surface area contributed by atoms with Gasteiger partial charge in [0.05, 0.1) is 23.5 Å². The van der Waals surface area contributed by atoms with Crippen molar-refractivity contribution in [1.82, 2.24) is 14.7 Å². The Morgan fingerprint density at radius 3 is 2.57 bits per heavy atom. The first-order valence-electron chi connectivity index (χ1n) is 6.99. The van der Waals surface area contributed by atoms with E-state index < -0.39 is 11.9 Å². The summed E-state index contributed by atoms with van der Waals surface area (Å²) in [5.41, 5.74) is 1.53. The van der Waals surface area contributed by atoms with Crippen LogP contribution in [0, 0.1) is 18.8 Å². The van der Waals surface area contributed by atoms with E-state index in [4.69, 9.17) is 5.11 Å². The van der Waals surface area contributed by atoms with E-state index in [1.54, 1.807) is 20.2 Å². The molecule has 7 nitrogen and oxygen atoms in total. The third-order valence-electron chi connectivity index (χ3n) is 3.20. The molecule has 0 aliphatic rings. The zero-order valence-electron chi connectivity index (χ0n) is 13.3. The van der Waals surface area contributed by atoms with E-state index in [0.717, 1.165) is 12.2 Å². The van der Waals surface area contributed by atoms with E-state index in [1.165, 1.54) is 4.90 Å². The van der Waals surface area contributed by atoms with Crippen molar-refractivity contribution in [1.29, 1.82) is 0 Å². The number of aliphatic carboxylic acids is 1. The van der Waals surface area contributed by atoms with Gasteiger partial charge >= 0.3 is 12.0 Å². The molecule has 118 valence electrons. The molecule has 2 amide bonds. The number of carbonyl (C=O) groups excluding carboxylic acids is 1. The van der Waals surface area contributed by atoms with E-state index in [1.807, 2.05) is 11.6 Å². The standard InChI is InChI=1S/C14H24N4O3/c1-9(2)7-18-11(4)12(6-15-18)16-14(21)17(5)8-10(3)13(19)20/h6,9-10H,7-8H2,1-5H3,(H,16,21)(H,19,20). The van der Waals surface area contributed by atoms with Crippen LogP contribution in [0.3, 0.4) is 0 Å². The molecule has 0 aliphatic carbocycles. The fraction of sp³-hybridized carbons (Fsp3) is 0.643. The van der Waals surface area contributed by atoms with Crippen molar-refractivity contribution in [3.05, 3.63) is 11.9 Å². The van der Waals surface area contributed by atoms with Gasteiger partial charge in [-0.15, -0.1) is 0 Å². The summed E-state index contributed by atoms with van der Waals surface area (Å²) in [4.78, 5) is 24.2. The molecule has 2 N–H and O–H groups in total. The molecule has 0 saturated carbocycles. The van der Waals surface area contributed by atoms with Gasteiger partial charge in [-0.3, -0.25) is 9.48 Å². The predicted octanol–water partition coefficient (Wildman–Crippen LogP) is 2.03. The molecule has 1 atom stereocenters. The van der Waals surface area contributed by atoms with Gasteiger partial charge in [0.15, 0.2) is 0 Å². The first kappa shape index (κ1) is 17.0. The Hall–Kier alpha value is -2.05. The van der Waals surface area contributed by atoms with Crippen LogP contribution in [0.2, 0.25) is 0 Å². The molecular weight excluding hydrogens is 272 g/mol. The number of urea groups is 1. The summed E-state index contributed by atoms with van der Waals surface area (Å²) >= 11 is 0. The molecule has 1 heterocycles. The lowest BCUT2D eigenvalue weighted by molar-refractivity contribution is -0.141. The maximum absolute atomic E-state index is 12.0. The summed E-state index contributed by atoms with van der Waals surface area (Å²) in [5.74, 6) is -1.06. The normalized spacial score (nSPS) is 12.3. The second-order valence-electron chi connectivity index (χ2n) is 5.77. The van der Waals surface area contributed by atoms with Gasteiger partial charge in [-0.1, -0.05) is 20.8 Å². The van der Waals surface area contributed by atoms with Crippen LogP contribution in [0.15, 0.2) is 6.20 Å². The molecule has 0 bridgehead atoms. The van der Waals surface area contributed by atoms with Crippen molar-refractivity contribution in [2.45, 2.75) is 34.2 Å². The molecule has 1 rings (SSSR count). The predicted molar refractivity (Wildman–Crippen MR) is 80.3 cm³/mol. The number of aromatic nitrogens is 2. The molecule has 1 unspecified atom stereocenters. The van der Waals surface area contributed by atoms with Crippen molar-refractivity contribution in [2.75, 3.05) is 18.9 Å². The van der Waals surface area contributed by atoms with Crippen molar-refractivity contribution in [2.24, 2.45) is 11.8 Å². The Kier molecular flexibility index (Phi) is 5.75. The molecule has 0 fully saturated rings. The smallest absolute Gasteiger partial charge is 0.321 e. The number of amides is 2. The van der Waals surface area contributed by atoms with Crippen molar-refractivity contribution in [3.63, 3.8) is 0 Å². The lowest BCUT2D eigenvalue weighted by Crippen LogP contribution is -2.36. The first-order valence-corrected chi connectivity index (χ1v) is 6.99. The SMILES string of the molecule is Cc1c(NC(=O)N(C)CC(C)C(=O)O)cnn1CC(C)C. The number of nitrogens with one attached hydrogen (secondary N) is 1. The fourth-order valence-corrected chi connectivity index (χ4v) is 1.88. The van der Waals surface area contributed by atoms with Crippen LogP contribution in [0.4, 0.5) is 10.5 Å². The monoisotopic (exact) mass is 296 g/mol. The average molecular weight is 296 g/mol. The molecule has 1 aromatic rings. The molecule has 21 heavy (non-hydrogen) atoms. The fourth-order valence-electron chi connectivity index (χ4n) is 1.88. The van der Waals surface area contributed by atoms with Gasteiger partial charge in [-0.25, -0.2) is 4.79 Å². The number of carboxylic acids is 1. The zero-order valence-corrected chi connectivity index (χ0v) is 13.3. The molecule has 0 saturated heterocycles. The van der Waals surface area contributed by atoms with E-state index >= 15 is 0 Å². The minimum absolute atomic E-state index is 0.153. The van der Waals surface area contributed by atoms with E-state index in [2.05, 4.69) is 24.3 Å². The van der Waals surface area contributed by atoms with Crippen LogP contribution < -0.4 is 5.32 Å². The third kappa shape index (κ3) is 4.77. The van der Waals surface area contributed by atoms with Crippen LogP contribution in [-0.2, 0) is 11.3 Å². The van der Waals surface area contributed by atoms with Gasteiger partial charge < -0.3 is 15.3 Å². The van der Waals surface area contributed by atoms with E-state index in [-0.39, 0.29) is 12.6 Å². The highest BCUT2D eigenvalue weighted by atomic mass is 16.4. The van der Waals surface area contributed by atoms with Crippen LogP contribution in [0.5, 0.6) is 0 Å². The van der Waals surface area contributed by atoms with Crippen molar-refractivity contribution >= 4 is 17.7 Å². The van der Waals surface area contributed by atoms with E-state index in [9.17, 15) is 9.59 Å². The van der Waals surface area contributed by atoms with Gasteiger partial charge in [0.1, 0.15) is 0 Å². The highest BCUT2D eigenvalue weighted by Gasteiger charge is 2.18. The molecule has 0 radical (unpaired) electrons. The summed E-state index contributed by atoms with van der Waals surface area (Å²) in [6.45, 7) is 8.59. The Morgan fingerprint density at radius 1 is 1.43 bits per heavy atom. The molecule has 0 aromatic carbocycles. The number of rotatable bonds is 6. The van der Waals surface area contributed by atoms with Gasteiger partial charge in [0.25, 0.3) is 0 Å². The zero-order chi connectivity index (χ0) is 16.2. The second kappa shape index (κ2) is 7.10. The quantitative estimate of drug-likeness (QED) is 0.841. The number of nitrogens with zero attached hydrogens (tertiary/aromatic N) is 3. The minimum atomic E-state index is -0.921. The molecule has 1 aromatic heterocycles. The molecule has 0 aliphatic heterocycles. The Bertz CT molecular complexity index is 510. The highest BCUT2D eigenvalue weighted by Crippen LogP contribution is 2.15. The van der Waals surface area contributed by atoms with Crippen LogP contribution in [-0.4, -0.2) is 45.4 Å². The van der Waals surface area contributed by atoms with Gasteiger partial charge in [-0.2, -0.15) is 5.10 Å². The van der Waals surface area contributed by atoms with Crippen LogP contribution in [0.1, 0.15) is 26.5 Å². The van der Waals surface area contributed by atoms with Crippen LogP contribution >= 0.6 is 0 Å². The first-order chi connectivity index (χ1) is 9.72. The summed E-state index contributed by atoms with van der Waals surface area (Å²) in [5, 5.41) is 15.9. The number of carboxylic acid groups (broad SMARTS) is 1. The molecule has 7 heteroatoms. The van der Waals surface area contributed by atoms with Gasteiger partial charge in [0.2, 0.25) is 0 Å². The molecule has 0 spiro atoms. The molecular formula is C14H24N4O3.